The van der Waals surface area contributed by atoms with Crippen molar-refractivity contribution in [3.05, 3.63) is 60.0 Å². The minimum absolute atomic E-state index is 0.0469. The largest absolute Gasteiger partial charge is 0.330 e. The zero-order valence-electron chi connectivity index (χ0n) is 16.9. The van der Waals surface area contributed by atoms with Crippen LogP contribution in [0.3, 0.4) is 0 Å². The molecular formula is C21H21FN4O3S2. The van der Waals surface area contributed by atoms with Gasteiger partial charge < -0.3 is 0 Å². The van der Waals surface area contributed by atoms with Crippen molar-refractivity contribution in [3.63, 3.8) is 0 Å². The van der Waals surface area contributed by atoms with Crippen molar-refractivity contribution in [3.8, 4) is 11.1 Å². The van der Waals surface area contributed by atoms with Gasteiger partial charge in [-0.3, -0.25) is 9.80 Å². The molecule has 0 radical (unpaired) electrons. The first-order valence-corrected chi connectivity index (χ1v) is 12.0. The number of carbonyl (C=O) groups excluding carboxylic acids is 1. The van der Waals surface area contributed by atoms with Gasteiger partial charge in [0.15, 0.2) is 9.34 Å². The molecule has 2 amide bonds. The summed E-state index contributed by atoms with van der Waals surface area (Å²) in [6.45, 7) is 4.47. The standard InChI is InChI=1S/C21H21FN4O3S2/c1-13-11-25(16-9-7-15(8-10-16)17-5-3-4-6-18(17)22)21(27)26(12-13)20-24-14(2)19(30-20)31(23,28)29/h3-10,13H,11-12H2,1-2H3,(H2,23,28,29)/t13-/m0/s1. The number of aryl methyl sites for hydroxylation is 1. The van der Waals surface area contributed by atoms with Crippen LogP contribution in [0.4, 0.5) is 20.0 Å². The molecule has 7 nitrogen and oxygen atoms in total. The second-order valence-electron chi connectivity index (χ2n) is 7.55. The Hall–Kier alpha value is -2.82. The number of urea groups is 1. The van der Waals surface area contributed by atoms with Gasteiger partial charge in [0.1, 0.15) is 5.82 Å². The molecule has 0 unspecified atom stereocenters. The van der Waals surface area contributed by atoms with Gasteiger partial charge in [-0.2, -0.15) is 0 Å². The molecule has 0 spiro atoms. The Morgan fingerprint density at radius 3 is 2.35 bits per heavy atom. The molecule has 2 heterocycles. The summed E-state index contributed by atoms with van der Waals surface area (Å²) >= 11 is 0.890. The molecule has 2 aromatic carbocycles. The predicted octanol–water partition coefficient (Wildman–Crippen LogP) is 3.99. The third kappa shape index (κ3) is 4.18. The van der Waals surface area contributed by atoms with Gasteiger partial charge in [0, 0.05) is 24.3 Å². The summed E-state index contributed by atoms with van der Waals surface area (Å²) in [4.78, 5) is 20.6. The number of thiazole rings is 1. The van der Waals surface area contributed by atoms with Crippen LogP contribution in [0.25, 0.3) is 11.1 Å². The molecule has 1 aromatic heterocycles. The number of halogens is 1. The molecule has 0 bridgehead atoms. The summed E-state index contributed by atoms with van der Waals surface area (Å²) in [6, 6.07) is 13.3. The van der Waals surface area contributed by atoms with Crippen LogP contribution in [0.2, 0.25) is 0 Å². The van der Waals surface area contributed by atoms with Crippen LogP contribution in [-0.2, 0) is 10.0 Å². The first-order chi connectivity index (χ1) is 14.6. The summed E-state index contributed by atoms with van der Waals surface area (Å²) < 4.78 is 37.5. The molecule has 2 N–H and O–H groups in total. The van der Waals surface area contributed by atoms with Gasteiger partial charge in [0.2, 0.25) is 10.0 Å². The van der Waals surface area contributed by atoms with Gasteiger partial charge in [-0.05, 0) is 36.6 Å². The van der Waals surface area contributed by atoms with E-state index in [2.05, 4.69) is 4.98 Å². The number of amides is 2. The highest BCUT2D eigenvalue weighted by molar-refractivity contribution is 7.91. The number of nitrogens with zero attached hydrogens (tertiary/aromatic N) is 3. The van der Waals surface area contributed by atoms with Crippen molar-refractivity contribution in [2.75, 3.05) is 22.9 Å². The summed E-state index contributed by atoms with van der Waals surface area (Å²) in [5.41, 5.74) is 2.14. The Labute approximate surface area is 184 Å². The minimum atomic E-state index is -3.91. The van der Waals surface area contributed by atoms with Crippen molar-refractivity contribution < 1.29 is 17.6 Å². The van der Waals surface area contributed by atoms with Gasteiger partial charge in [-0.15, -0.1) is 0 Å². The molecule has 4 rings (SSSR count). The number of sulfonamides is 1. The lowest BCUT2D eigenvalue weighted by Gasteiger charge is -2.37. The van der Waals surface area contributed by atoms with E-state index in [0.29, 0.717) is 35.0 Å². The first kappa shape index (κ1) is 21.4. The van der Waals surface area contributed by atoms with Crippen LogP contribution >= 0.6 is 11.3 Å². The Balaban J connectivity index is 1.64. The monoisotopic (exact) mass is 460 g/mol. The Morgan fingerprint density at radius 2 is 1.74 bits per heavy atom. The van der Waals surface area contributed by atoms with Crippen LogP contribution in [-0.4, -0.2) is 32.5 Å². The third-order valence-electron chi connectivity index (χ3n) is 5.05. The second-order valence-corrected chi connectivity index (χ2v) is 10.3. The van der Waals surface area contributed by atoms with Crippen molar-refractivity contribution in [1.29, 1.82) is 0 Å². The lowest BCUT2D eigenvalue weighted by molar-refractivity contribution is 0.245. The highest BCUT2D eigenvalue weighted by Crippen LogP contribution is 2.34. The van der Waals surface area contributed by atoms with Crippen LogP contribution in [0, 0.1) is 18.7 Å². The third-order valence-corrected chi connectivity index (χ3v) is 7.78. The smallest absolute Gasteiger partial charge is 0.294 e. The molecule has 1 saturated heterocycles. The van der Waals surface area contributed by atoms with E-state index in [4.69, 9.17) is 5.14 Å². The zero-order valence-corrected chi connectivity index (χ0v) is 18.6. The highest BCUT2D eigenvalue weighted by Gasteiger charge is 2.34. The molecular weight excluding hydrogens is 439 g/mol. The molecule has 31 heavy (non-hydrogen) atoms. The van der Waals surface area contributed by atoms with E-state index in [-0.39, 0.29) is 27.7 Å². The lowest BCUT2D eigenvalue weighted by atomic mass is 10.0. The first-order valence-electron chi connectivity index (χ1n) is 9.59. The fourth-order valence-electron chi connectivity index (χ4n) is 3.62. The number of rotatable bonds is 4. The quantitative estimate of drug-likeness (QED) is 0.637. The van der Waals surface area contributed by atoms with E-state index < -0.39 is 10.0 Å². The van der Waals surface area contributed by atoms with E-state index in [9.17, 15) is 17.6 Å². The summed E-state index contributed by atoms with van der Waals surface area (Å²) in [5, 5.41) is 5.55. The zero-order chi connectivity index (χ0) is 22.3. The number of aromatic nitrogens is 1. The maximum atomic E-state index is 14.1. The van der Waals surface area contributed by atoms with E-state index in [1.54, 1.807) is 54.3 Å². The molecule has 0 saturated carbocycles. The normalized spacial score (nSPS) is 17.3. The lowest BCUT2D eigenvalue weighted by Crippen LogP contribution is -2.53. The predicted molar refractivity (Wildman–Crippen MR) is 119 cm³/mol. The van der Waals surface area contributed by atoms with Gasteiger partial charge >= 0.3 is 6.03 Å². The Kier molecular flexibility index (Phi) is 5.54. The Bertz CT molecular complexity index is 1240. The molecule has 162 valence electrons. The van der Waals surface area contributed by atoms with Crippen molar-refractivity contribution in [2.45, 2.75) is 18.1 Å². The number of primary sulfonamides is 1. The summed E-state index contributed by atoms with van der Waals surface area (Å²) in [7, 11) is -3.91. The molecule has 10 heteroatoms. The number of anilines is 2. The maximum Gasteiger partial charge on any atom is 0.330 e. The van der Waals surface area contributed by atoms with Crippen LogP contribution in [0.5, 0.6) is 0 Å². The molecule has 1 aliphatic rings. The van der Waals surface area contributed by atoms with Crippen molar-refractivity contribution in [1.82, 2.24) is 4.98 Å². The number of carbonyl (C=O) groups is 1. The van der Waals surface area contributed by atoms with Crippen LogP contribution < -0.4 is 14.9 Å². The minimum Gasteiger partial charge on any atom is -0.294 e. The van der Waals surface area contributed by atoms with Crippen LogP contribution in [0.15, 0.2) is 52.7 Å². The molecule has 1 aliphatic heterocycles. The van der Waals surface area contributed by atoms with Crippen molar-refractivity contribution >= 4 is 38.2 Å². The SMILES string of the molecule is Cc1nc(N2C[C@@H](C)CN(c3ccc(-c4ccccc4F)cc3)C2=O)sc1S(N)(=O)=O. The average molecular weight is 461 g/mol. The second kappa shape index (κ2) is 8.03. The van der Waals surface area contributed by atoms with Gasteiger partial charge in [-0.1, -0.05) is 48.6 Å². The van der Waals surface area contributed by atoms with Crippen molar-refractivity contribution in [2.24, 2.45) is 11.1 Å². The summed E-state index contributed by atoms with van der Waals surface area (Å²) in [6.07, 6.45) is 0. The summed E-state index contributed by atoms with van der Waals surface area (Å²) in [5.74, 6) is -0.194. The molecule has 1 atom stereocenters. The Morgan fingerprint density at radius 1 is 1.10 bits per heavy atom. The topological polar surface area (TPSA) is 96.6 Å². The maximum absolute atomic E-state index is 14.1. The van der Waals surface area contributed by atoms with Gasteiger partial charge in [0.25, 0.3) is 0 Å². The van der Waals surface area contributed by atoms with Gasteiger partial charge in [0.05, 0.1) is 5.69 Å². The van der Waals surface area contributed by atoms with Gasteiger partial charge in [-0.25, -0.2) is 27.7 Å². The number of hydrogen-bond acceptors (Lipinski definition) is 5. The average Bonchev–Trinajstić information content (AvgIpc) is 3.12. The van der Waals surface area contributed by atoms with E-state index in [1.807, 2.05) is 6.92 Å². The van der Waals surface area contributed by atoms with Crippen LogP contribution in [0.1, 0.15) is 12.6 Å². The fraction of sp³-hybridized carbons (Fsp3) is 0.238. The molecule has 3 aromatic rings. The van der Waals surface area contributed by atoms with E-state index in [0.717, 1.165) is 11.3 Å². The number of hydrogen-bond donors (Lipinski definition) is 1. The number of nitrogens with two attached hydrogens (primary N) is 1. The van der Waals surface area contributed by atoms with E-state index >= 15 is 0 Å². The number of benzene rings is 2. The van der Waals surface area contributed by atoms with E-state index in [1.165, 1.54) is 11.0 Å². The fourth-order valence-corrected chi connectivity index (χ4v) is 5.57. The highest BCUT2D eigenvalue weighted by atomic mass is 32.2. The molecule has 0 aliphatic carbocycles. The molecule has 1 fully saturated rings.